The molecule has 4 heterocycles. The van der Waals surface area contributed by atoms with Crippen LogP contribution in [-0.2, 0) is 31.1 Å². The van der Waals surface area contributed by atoms with Gasteiger partial charge >= 0.3 is 5.97 Å². The molecule has 0 bridgehead atoms. The minimum atomic E-state index is -1.21. The number of β-lactam (4-membered cyclic amide) rings is 1. The molecule has 3 atom stereocenters. The SMILES string of the molecule is CON=C(C(=O)NC1C(=O)N2CC(CSc3nnnn3C)(C(=O)O)CS[C@H]12)c1cccc(NC=O)n1. The maximum atomic E-state index is 13.0. The second kappa shape index (κ2) is 10.5. The molecule has 0 spiro atoms. The van der Waals surface area contributed by atoms with Crippen molar-refractivity contribution in [1.29, 1.82) is 0 Å². The molecular formula is C19H21N9O6S2. The van der Waals surface area contributed by atoms with Crippen LogP contribution in [0.4, 0.5) is 5.82 Å². The number of hydrogen-bond acceptors (Lipinski definition) is 12. The Kier molecular flexibility index (Phi) is 7.39. The van der Waals surface area contributed by atoms with Crippen molar-refractivity contribution in [2.45, 2.75) is 16.6 Å². The summed E-state index contributed by atoms with van der Waals surface area (Å²) in [7, 11) is 2.91. The lowest BCUT2D eigenvalue weighted by Crippen LogP contribution is -2.74. The third-order valence-electron chi connectivity index (χ3n) is 5.54. The number of aliphatic carboxylic acids is 1. The summed E-state index contributed by atoms with van der Waals surface area (Å²) in [6.45, 7) is -0.0104. The normalized spacial score (nSPS) is 23.3. The van der Waals surface area contributed by atoms with Crippen molar-refractivity contribution in [1.82, 2.24) is 35.4 Å². The number of carboxylic acids is 1. The molecule has 0 aromatic carbocycles. The molecule has 0 radical (unpaired) electrons. The van der Waals surface area contributed by atoms with Crippen molar-refractivity contribution in [2.24, 2.45) is 17.6 Å². The number of aryl methyl sites for hydroxylation is 1. The second-order valence-electron chi connectivity index (χ2n) is 7.87. The van der Waals surface area contributed by atoms with Gasteiger partial charge in [-0.3, -0.25) is 19.2 Å². The summed E-state index contributed by atoms with van der Waals surface area (Å²) in [5, 5.41) is 29.9. The zero-order valence-corrected chi connectivity index (χ0v) is 20.7. The van der Waals surface area contributed by atoms with Gasteiger partial charge < -0.3 is 25.5 Å². The number of carbonyl (C=O) groups excluding carboxylic acids is 3. The number of nitrogens with one attached hydrogen (secondary N) is 2. The van der Waals surface area contributed by atoms with E-state index in [9.17, 15) is 24.3 Å². The molecule has 36 heavy (non-hydrogen) atoms. The van der Waals surface area contributed by atoms with Crippen LogP contribution in [0.3, 0.4) is 0 Å². The van der Waals surface area contributed by atoms with Crippen molar-refractivity contribution in [2.75, 3.05) is 30.5 Å². The summed E-state index contributed by atoms with van der Waals surface area (Å²) in [5.74, 6) is -1.54. The zero-order chi connectivity index (χ0) is 25.9. The van der Waals surface area contributed by atoms with E-state index in [0.717, 1.165) is 0 Å². The van der Waals surface area contributed by atoms with Crippen LogP contribution in [0, 0.1) is 5.41 Å². The number of anilines is 1. The molecule has 17 heteroatoms. The van der Waals surface area contributed by atoms with E-state index in [2.05, 4.69) is 36.3 Å². The molecule has 2 aromatic heterocycles. The van der Waals surface area contributed by atoms with Crippen LogP contribution in [0.2, 0.25) is 0 Å². The minimum Gasteiger partial charge on any atom is -0.481 e. The lowest BCUT2D eigenvalue weighted by Gasteiger charge is -2.53. The van der Waals surface area contributed by atoms with Gasteiger partial charge in [-0.15, -0.1) is 16.9 Å². The number of nitrogens with zero attached hydrogens (tertiary/aromatic N) is 7. The van der Waals surface area contributed by atoms with Crippen LogP contribution < -0.4 is 10.6 Å². The first-order chi connectivity index (χ1) is 17.3. The van der Waals surface area contributed by atoms with Gasteiger partial charge in [0.1, 0.15) is 35.5 Å². The fourth-order valence-corrected chi connectivity index (χ4v) is 6.38. The summed E-state index contributed by atoms with van der Waals surface area (Å²) in [6, 6.07) is 3.73. The van der Waals surface area contributed by atoms with Gasteiger partial charge in [-0.05, 0) is 22.6 Å². The molecule has 0 aliphatic carbocycles. The average molecular weight is 536 g/mol. The van der Waals surface area contributed by atoms with Crippen LogP contribution >= 0.6 is 23.5 Å². The first-order valence-electron chi connectivity index (χ1n) is 10.4. The third-order valence-corrected chi connectivity index (χ3v) is 8.43. The van der Waals surface area contributed by atoms with Crippen LogP contribution in [0.1, 0.15) is 5.69 Å². The number of tetrazole rings is 1. The molecule has 4 rings (SSSR count). The van der Waals surface area contributed by atoms with E-state index in [0.29, 0.717) is 11.6 Å². The third kappa shape index (κ3) is 4.83. The van der Waals surface area contributed by atoms with Crippen molar-refractivity contribution in [3.8, 4) is 0 Å². The monoisotopic (exact) mass is 535 g/mol. The predicted molar refractivity (Wildman–Crippen MR) is 127 cm³/mol. The molecule has 190 valence electrons. The van der Waals surface area contributed by atoms with Crippen LogP contribution in [0.25, 0.3) is 0 Å². The van der Waals surface area contributed by atoms with Gasteiger partial charge in [0.2, 0.25) is 17.5 Å². The molecule has 2 aromatic rings. The Balaban J connectivity index is 1.44. The van der Waals surface area contributed by atoms with Crippen LogP contribution in [0.5, 0.6) is 0 Å². The summed E-state index contributed by atoms with van der Waals surface area (Å²) in [4.78, 5) is 59.2. The number of hydrogen-bond donors (Lipinski definition) is 3. The van der Waals surface area contributed by atoms with Gasteiger partial charge in [0.05, 0.1) is 0 Å². The number of amides is 3. The van der Waals surface area contributed by atoms with Gasteiger partial charge in [0, 0.05) is 25.1 Å². The molecule has 2 unspecified atom stereocenters. The smallest absolute Gasteiger partial charge is 0.313 e. The molecule has 2 aliphatic heterocycles. The Bertz CT molecular complexity index is 1220. The maximum Gasteiger partial charge on any atom is 0.313 e. The Morgan fingerprint density at radius 2 is 2.25 bits per heavy atom. The Hall–Kier alpha value is -3.73. The standard InChI is InChI=1S/C19H21N9O6S2/c1-27-18(23-25-26-27)36-8-19(17(32)33)6-28-15(31)13(16(28)35-7-19)22-14(30)12(24-34-2)10-4-3-5-11(21-10)20-9-29/h3-5,9,13,16H,6-8H2,1-2H3,(H,22,30)(H,32,33)(H,20,21,29)/t13?,16-,19?/m1/s1. The number of rotatable bonds is 10. The van der Waals surface area contributed by atoms with Gasteiger partial charge in [-0.1, -0.05) is 23.0 Å². The fraction of sp³-hybridized carbons (Fsp3) is 0.421. The lowest BCUT2D eigenvalue weighted by molar-refractivity contribution is -0.157. The van der Waals surface area contributed by atoms with E-state index < -0.39 is 34.6 Å². The van der Waals surface area contributed by atoms with Crippen molar-refractivity contribution >= 4 is 59.2 Å². The van der Waals surface area contributed by atoms with E-state index in [1.54, 1.807) is 13.1 Å². The molecule has 3 N–H and O–H groups in total. The molecule has 0 saturated carbocycles. The number of thioether (sulfide) groups is 2. The molecule has 2 aliphatic rings. The van der Waals surface area contributed by atoms with Crippen LogP contribution in [0.15, 0.2) is 28.5 Å². The Morgan fingerprint density at radius 3 is 2.92 bits per heavy atom. The Labute approximate surface area is 212 Å². The van der Waals surface area contributed by atoms with Crippen molar-refractivity contribution < 1.29 is 29.1 Å². The number of aromatic nitrogens is 5. The summed E-state index contributed by atoms with van der Waals surface area (Å²) >= 11 is 2.48. The van der Waals surface area contributed by atoms with Gasteiger partial charge in [-0.25, -0.2) is 9.67 Å². The topological polar surface area (TPSA) is 194 Å². The van der Waals surface area contributed by atoms with Gasteiger partial charge in [-0.2, -0.15) is 0 Å². The fourth-order valence-electron chi connectivity index (χ4n) is 3.66. The summed E-state index contributed by atoms with van der Waals surface area (Å²) in [5.41, 5.74) is -1.27. The first-order valence-corrected chi connectivity index (χ1v) is 12.4. The maximum absolute atomic E-state index is 13.0. The van der Waals surface area contributed by atoms with Crippen molar-refractivity contribution in [3.63, 3.8) is 0 Å². The molecular weight excluding hydrogens is 514 g/mol. The highest BCUT2D eigenvalue weighted by Crippen LogP contribution is 2.44. The highest BCUT2D eigenvalue weighted by molar-refractivity contribution is 8.00. The van der Waals surface area contributed by atoms with Crippen LogP contribution in [-0.4, -0.2) is 102 Å². The summed E-state index contributed by atoms with van der Waals surface area (Å²) in [6.07, 6.45) is 0.445. The van der Waals surface area contributed by atoms with Gasteiger partial charge in [0.25, 0.3) is 5.91 Å². The highest BCUT2D eigenvalue weighted by Gasteiger charge is 2.57. The minimum absolute atomic E-state index is 0.0104. The van der Waals surface area contributed by atoms with Crippen molar-refractivity contribution in [3.05, 3.63) is 23.9 Å². The highest BCUT2D eigenvalue weighted by atomic mass is 32.2. The van der Waals surface area contributed by atoms with E-state index in [1.807, 2.05) is 0 Å². The molecule has 2 fully saturated rings. The number of carbonyl (C=O) groups is 4. The molecule has 2 saturated heterocycles. The molecule has 15 nitrogen and oxygen atoms in total. The Morgan fingerprint density at radius 1 is 1.44 bits per heavy atom. The zero-order valence-electron chi connectivity index (χ0n) is 19.0. The van der Waals surface area contributed by atoms with E-state index >= 15 is 0 Å². The lowest BCUT2D eigenvalue weighted by atomic mass is 9.89. The van der Waals surface area contributed by atoms with E-state index in [4.69, 9.17) is 4.84 Å². The second-order valence-corrected chi connectivity index (χ2v) is 9.92. The van der Waals surface area contributed by atoms with Gasteiger partial charge in [0.15, 0.2) is 5.71 Å². The molecule has 3 amide bonds. The number of carboxylic acid groups (broad SMARTS) is 1. The number of pyridine rings is 1. The number of fused-ring (bicyclic) bond motifs is 1. The van der Waals surface area contributed by atoms with E-state index in [-0.39, 0.29) is 35.3 Å². The summed E-state index contributed by atoms with van der Waals surface area (Å²) < 4.78 is 1.44. The number of oxime groups is 1. The largest absolute Gasteiger partial charge is 0.481 e. The predicted octanol–water partition coefficient (Wildman–Crippen LogP) is -1.21. The quantitative estimate of drug-likeness (QED) is 0.108. The van der Waals surface area contributed by atoms with E-state index in [1.165, 1.54) is 52.3 Å². The average Bonchev–Trinajstić information content (AvgIpc) is 3.29. The first kappa shape index (κ1) is 25.4.